The van der Waals surface area contributed by atoms with Gasteiger partial charge >= 0.3 is 0 Å². The Bertz CT molecular complexity index is 739. The zero-order valence-electron chi connectivity index (χ0n) is 11.6. The maximum Gasteiger partial charge on any atom is 0.166 e. The van der Waals surface area contributed by atoms with Crippen molar-refractivity contribution >= 4 is 17.4 Å². The van der Waals surface area contributed by atoms with E-state index in [0.717, 1.165) is 27.7 Å². The summed E-state index contributed by atoms with van der Waals surface area (Å²) in [5.41, 5.74) is 8.80. The van der Waals surface area contributed by atoms with E-state index in [-0.39, 0.29) is 0 Å². The Hall–Kier alpha value is -2.34. The summed E-state index contributed by atoms with van der Waals surface area (Å²) in [6.45, 7) is 2.03. The Morgan fingerprint density at radius 1 is 1.10 bits per heavy atom. The molecular formula is C15H15N5S. The van der Waals surface area contributed by atoms with Crippen LogP contribution in [0.4, 0.5) is 5.69 Å². The highest BCUT2D eigenvalue weighted by Gasteiger charge is 2.10. The van der Waals surface area contributed by atoms with Crippen LogP contribution in [-0.4, -0.2) is 20.2 Å². The molecule has 0 fully saturated rings. The van der Waals surface area contributed by atoms with Crippen LogP contribution in [0.15, 0.2) is 53.4 Å². The molecule has 1 heterocycles. The average Bonchev–Trinajstić information content (AvgIpc) is 2.98. The zero-order chi connectivity index (χ0) is 14.7. The molecular weight excluding hydrogens is 282 g/mol. The van der Waals surface area contributed by atoms with Gasteiger partial charge in [-0.1, -0.05) is 24.3 Å². The first-order chi connectivity index (χ1) is 10.3. The van der Waals surface area contributed by atoms with Gasteiger partial charge in [0.15, 0.2) is 5.82 Å². The van der Waals surface area contributed by atoms with Gasteiger partial charge in [-0.05, 0) is 47.2 Å². The van der Waals surface area contributed by atoms with Crippen molar-refractivity contribution in [3.05, 3.63) is 59.9 Å². The van der Waals surface area contributed by atoms with Gasteiger partial charge in [0.05, 0.1) is 11.4 Å². The van der Waals surface area contributed by atoms with Gasteiger partial charge in [-0.2, -0.15) is 4.68 Å². The molecule has 2 N–H and O–H groups in total. The summed E-state index contributed by atoms with van der Waals surface area (Å²) in [4.78, 5) is 1.15. The Labute approximate surface area is 127 Å². The summed E-state index contributed by atoms with van der Waals surface area (Å²) in [7, 11) is 0. The van der Waals surface area contributed by atoms with Crippen molar-refractivity contribution in [3.8, 4) is 5.69 Å². The molecule has 0 aliphatic rings. The third-order valence-electron chi connectivity index (χ3n) is 3.22. The first kappa shape index (κ1) is 13.6. The number of thioether (sulfide) groups is 1. The number of hydrogen-bond acceptors (Lipinski definition) is 5. The van der Waals surface area contributed by atoms with Gasteiger partial charge in [0.2, 0.25) is 0 Å². The largest absolute Gasteiger partial charge is 0.398 e. The van der Waals surface area contributed by atoms with E-state index in [2.05, 4.69) is 21.6 Å². The van der Waals surface area contributed by atoms with E-state index in [1.807, 2.05) is 49.4 Å². The van der Waals surface area contributed by atoms with Gasteiger partial charge in [-0.3, -0.25) is 0 Å². The van der Waals surface area contributed by atoms with Gasteiger partial charge in [0.1, 0.15) is 0 Å². The van der Waals surface area contributed by atoms with Crippen molar-refractivity contribution in [2.75, 3.05) is 5.73 Å². The zero-order valence-corrected chi connectivity index (χ0v) is 12.4. The Morgan fingerprint density at radius 3 is 2.71 bits per heavy atom. The van der Waals surface area contributed by atoms with E-state index < -0.39 is 0 Å². The molecule has 0 saturated carbocycles. The molecule has 0 radical (unpaired) electrons. The molecule has 3 rings (SSSR count). The number of hydrogen-bond donors (Lipinski definition) is 1. The second-order valence-electron chi connectivity index (χ2n) is 4.60. The summed E-state index contributed by atoms with van der Waals surface area (Å²) in [6.07, 6.45) is 0. The lowest BCUT2D eigenvalue weighted by atomic mass is 10.2. The number of aromatic nitrogens is 4. The molecule has 2 aromatic carbocycles. The second kappa shape index (κ2) is 5.97. The Kier molecular flexibility index (Phi) is 3.87. The fraction of sp³-hybridized carbons (Fsp3) is 0.133. The van der Waals surface area contributed by atoms with Crippen LogP contribution in [0.5, 0.6) is 0 Å². The highest BCUT2D eigenvalue weighted by atomic mass is 32.2. The van der Waals surface area contributed by atoms with Gasteiger partial charge in [-0.25, -0.2) is 0 Å². The minimum Gasteiger partial charge on any atom is -0.398 e. The minimum atomic E-state index is 0.687. The highest BCUT2D eigenvalue weighted by molar-refractivity contribution is 7.98. The standard InChI is InChI=1S/C15H15N5S/c1-11-13(16)8-5-9-14(11)21-10-15-17-18-19-20(15)12-6-3-2-4-7-12/h2-9H,10,16H2,1H3. The highest BCUT2D eigenvalue weighted by Crippen LogP contribution is 2.28. The van der Waals surface area contributed by atoms with Crippen LogP contribution in [0.1, 0.15) is 11.4 Å². The molecule has 6 heteroatoms. The average molecular weight is 297 g/mol. The smallest absolute Gasteiger partial charge is 0.166 e. The van der Waals surface area contributed by atoms with Crippen molar-refractivity contribution in [2.45, 2.75) is 17.6 Å². The lowest BCUT2D eigenvalue weighted by Crippen LogP contribution is -2.02. The molecule has 0 saturated heterocycles. The third kappa shape index (κ3) is 2.90. The molecule has 1 aromatic heterocycles. The maximum atomic E-state index is 5.93. The van der Waals surface area contributed by atoms with Crippen molar-refractivity contribution < 1.29 is 0 Å². The summed E-state index contributed by atoms with van der Waals surface area (Å²) in [6, 6.07) is 15.8. The van der Waals surface area contributed by atoms with Crippen molar-refractivity contribution in [2.24, 2.45) is 0 Å². The molecule has 0 bridgehead atoms. The number of benzene rings is 2. The monoisotopic (exact) mass is 297 g/mol. The van der Waals surface area contributed by atoms with Gasteiger partial charge in [0, 0.05) is 10.6 Å². The number of nitrogens with zero attached hydrogens (tertiary/aromatic N) is 4. The minimum absolute atomic E-state index is 0.687. The van der Waals surface area contributed by atoms with E-state index in [1.165, 1.54) is 0 Å². The predicted octanol–water partition coefficient (Wildman–Crippen LogP) is 2.85. The van der Waals surface area contributed by atoms with E-state index in [1.54, 1.807) is 16.4 Å². The van der Waals surface area contributed by atoms with Crippen LogP contribution < -0.4 is 5.73 Å². The molecule has 0 amide bonds. The summed E-state index contributed by atoms with van der Waals surface area (Å²) in [5.74, 6) is 1.50. The number of para-hydroxylation sites is 1. The van der Waals surface area contributed by atoms with Gasteiger partial charge in [-0.15, -0.1) is 16.9 Å². The fourth-order valence-electron chi connectivity index (χ4n) is 2.00. The van der Waals surface area contributed by atoms with Gasteiger partial charge in [0.25, 0.3) is 0 Å². The van der Waals surface area contributed by atoms with Crippen molar-refractivity contribution in [1.82, 2.24) is 20.2 Å². The second-order valence-corrected chi connectivity index (χ2v) is 5.62. The first-order valence-electron chi connectivity index (χ1n) is 6.56. The predicted molar refractivity (Wildman–Crippen MR) is 84.3 cm³/mol. The van der Waals surface area contributed by atoms with Crippen molar-refractivity contribution in [3.63, 3.8) is 0 Å². The number of nitrogen functional groups attached to an aromatic ring is 1. The van der Waals surface area contributed by atoms with Gasteiger partial charge < -0.3 is 5.73 Å². The molecule has 3 aromatic rings. The third-order valence-corrected chi connectivity index (χ3v) is 4.37. The number of tetrazole rings is 1. The van der Waals surface area contributed by atoms with Crippen molar-refractivity contribution in [1.29, 1.82) is 0 Å². The van der Waals surface area contributed by atoms with Crippen LogP contribution in [0, 0.1) is 6.92 Å². The van der Waals surface area contributed by atoms with E-state index in [9.17, 15) is 0 Å². The van der Waals surface area contributed by atoms with Crippen LogP contribution >= 0.6 is 11.8 Å². The molecule has 21 heavy (non-hydrogen) atoms. The Morgan fingerprint density at radius 2 is 1.90 bits per heavy atom. The molecule has 0 spiro atoms. The van der Waals surface area contributed by atoms with Crippen LogP contribution in [0.25, 0.3) is 5.69 Å². The topological polar surface area (TPSA) is 69.6 Å². The fourth-order valence-corrected chi connectivity index (χ4v) is 2.97. The normalized spacial score (nSPS) is 10.7. The maximum absolute atomic E-state index is 5.93. The number of rotatable bonds is 4. The SMILES string of the molecule is Cc1c(N)cccc1SCc1nnnn1-c1ccccc1. The van der Waals surface area contributed by atoms with Crippen LogP contribution in [0.3, 0.4) is 0 Å². The molecule has 5 nitrogen and oxygen atoms in total. The summed E-state index contributed by atoms with van der Waals surface area (Å²) in [5, 5.41) is 11.9. The molecule has 0 aliphatic carbocycles. The lowest BCUT2D eigenvalue weighted by molar-refractivity contribution is 0.777. The van der Waals surface area contributed by atoms with E-state index in [0.29, 0.717) is 5.75 Å². The molecule has 0 aliphatic heterocycles. The summed E-state index contributed by atoms with van der Waals surface area (Å²) >= 11 is 1.68. The Balaban J connectivity index is 1.81. The quantitative estimate of drug-likeness (QED) is 0.592. The lowest BCUT2D eigenvalue weighted by Gasteiger charge is -2.08. The molecule has 0 unspecified atom stereocenters. The molecule has 106 valence electrons. The number of nitrogens with two attached hydrogens (primary N) is 1. The van der Waals surface area contributed by atoms with E-state index in [4.69, 9.17) is 5.73 Å². The summed E-state index contributed by atoms with van der Waals surface area (Å²) < 4.78 is 1.76. The number of anilines is 1. The first-order valence-corrected chi connectivity index (χ1v) is 7.55. The van der Waals surface area contributed by atoms with E-state index >= 15 is 0 Å². The molecule has 0 atom stereocenters. The van der Waals surface area contributed by atoms with Crippen LogP contribution in [0.2, 0.25) is 0 Å². The van der Waals surface area contributed by atoms with Crippen LogP contribution in [-0.2, 0) is 5.75 Å².